The summed E-state index contributed by atoms with van der Waals surface area (Å²) in [5, 5.41) is 13.4. The third-order valence-electron chi connectivity index (χ3n) is 3.81. The van der Waals surface area contributed by atoms with Crippen LogP contribution in [0.1, 0.15) is 11.1 Å². The number of hydrogen-bond acceptors (Lipinski definition) is 2. The Morgan fingerprint density at radius 3 is 2.77 bits per heavy atom. The highest BCUT2D eigenvalue weighted by Gasteiger charge is 2.11. The molecule has 0 aliphatic carbocycles. The van der Waals surface area contributed by atoms with Crippen LogP contribution in [-0.2, 0) is 18.3 Å². The maximum absolute atomic E-state index is 12.3. The zero-order chi connectivity index (χ0) is 15.7. The van der Waals surface area contributed by atoms with Gasteiger partial charge in [0.25, 0.3) is 0 Å². The molecule has 3 rings (SSSR count). The average Bonchev–Trinajstić information content (AvgIpc) is 2.79. The van der Waals surface area contributed by atoms with Gasteiger partial charge in [-0.2, -0.15) is 0 Å². The van der Waals surface area contributed by atoms with Crippen molar-refractivity contribution in [1.82, 2.24) is 4.57 Å². The van der Waals surface area contributed by atoms with Gasteiger partial charge in [-0.15, -0.1) is 0 Å². The largest absolute Gasteiger partial charge is 0.508 e. The van der Waals surface area contributed by atoms with Crippen LogP contribution < -0.4 is 5.32 Å². The SMILES string of the molecule is Cc1cc(O)ccc1NC(=O)Cc1cn(C)c2ccccc12. The van der Waals surface area contributed by atoms with Gasteiger partial charge >= 0.3 is 0 Å². The maximum atomic E-state index is 12.3. The first-order valence-corrected chi connectivity index (χ1v) is 7.17. The van der Waals surface area contributed by atoms with Gasteiger partial charge in [-0.25, -0.2) is 0 Å². The molecule has 22 heavy (non-hydrogen) atoms. The number of phenolic OH excluding ortho intramolecular Hbond substituents is 1. The number of para-hydroxylation sites is 1. The van der Waals surface area contributed by atoms with Crippen LogP contribution in [0.4, 0.5) is 5.69 Å². The molecule has 1 aromatic heterocycles. The van der Waals surface area contributed by atoms with E-state index in [2.05, 4.69) is 5.32 Å². The third kappa shape index (κ3) is 2.68. The highest BCUT2D eigenvalue weighted by Crippen LogP contribution is 2.23. The molecule has 0 unspecified atom stereocenters. The molecular weight excluding hydrogens is 276 g/mol. The Morgan fingerprint density at radius 2 is 2.00 bits per heavy atom. The molecular formula is C18H18N2O2. The Bertz CT molecular complexity index is 849. The Labute approximate surface area is 129 Å². The molecule has 0 fully saturated rings. The summed E-state index contributed by atoms with van der Waals surface area (Å²) in [5.41, 5.74) is 3.69. The minimum Gasteiger partial charge on any atom is -0.508 e. The van der Waals surface area contributed by atoms with E-state index in [0.717, 1.165) is 27.7 Å². The van der Waals surface area contributed by atoms with Gasteiger partial charge in [0.1, 0.15) is 5.75 Å². The fourth-order valence-corrected chi connectivity index (χ4v) is 2.72. The van der Waals surface area contributed by atoms with Gasteiger partial charge in [0.2, 0.25) is 5.91 Å². The minimum absolute atomic E-state index is 0.0647. The number of rotatable bonds is 3. The van der Waals surface area contributed by atoms with Crippen LogP contribution in [0.3, 0.4) is 0 Å². The molecule has 0 spiro atoms. The first kappa shape index (κ1) is 14.2. The van der Waals surface area contributed by atoms with Crippen molar-refractivity contribution in [2.45, 2.75) is 13.3 Å². The highest BCUT2D eigenvalue weighted by molar-refractivity contribution is 5.96. The molecule has 0 saturated heterocycles. The second-order valence-corrected chi connectivity index (χ2v) is 5.51. The number of hydrogen-bond donors (Lipinski definition) is 2. The molecule has 1 heterocycles. The fraction of sp³-hybridized carbons (Fsp3) is 0.167. The quantitative estimate of drug-likeness (QED) is 0.728. The van der Waals surface area contributed by atoms with E-state index in [1.807, 2.05) is 49.0 Å². The van der Waals surface area contributed by atoms with Gasteiger partial charge in [-0.3, -0.25) is 4.79 Å². The Hall–Kier alpha value is -2.75. The van der Waals surface area contributed by atoms with Crippen LogP contribution in [-0.4, -0.2) is 15.6 Å². The number of nitrogens with one attached hydrogen (secondary N) is 1. The van der Waals surface area contributed by atoms with Gasteiger partial charge in [-0.05, 0) is 42.3 Å². The summed E-state index contributed by atoms with van der Waals surface area (Å²) in [7, 11) is 1.98. The number of fused-ring (bicyclic) bond motifs is 1. The van der Waals surface area contributed by atoms with Crippen molar-refractivity contribution in [1.29, 1.82) is 0 Å². The van der Waals surface area contributed by atoms with Crippen molar-refractivity contribution >= 4 is 22.5 Å². The van der Waals surface area contributed by atoms with E-state index in [1.165, 1.54) is 0 Å². The van der Waals surface area contributed by atoms with Gasteiger partial charge < -0.3 is 15.0 Å². The van der Waals surface area contributed by atoms with Crippen molar-refractivity contribution in [2.24, 2.45) is 7.05 Å². The van der Waals surface area contributed by atoms with Crippen molar-refractivity contribution < 1.29 is 9.90 Å². The van der Waals surface area contributed by atoms with Crippen LogP contribution in [0.15, 0.2) is 48.7 Å². The van der Waals surface area contributed by atoms with Crippen molar-refractivity contribution in [3.8, 4) is 5.75 Å². The van der Waals surface area contributed by atoms with Gasteiger partial charge in [0, 0.05) is 29.8 Å². The number of carbonyl (C=O) groups is 1. The smallest absolute Gasteiger partial charge is 0.228 e. The number of amides is 1. The summed E-state index contributed by atoms with van der Waals surface area (Å²) in [4.78, 5) is 12.3. The molecule has 0 radical (unpaired) electrons. The summed E-state index contributed by atoms with van der Waals surface area (Å²) in [5.74, 6) is 0.134. The Kier molecular flexibility index (Phi) is 3.59. The standard InChI is InChI=1S/C18H18N2O2/c1-12-9-14(21)7-8-16(12)19-18(22)10-13-11-20(2)17-6-4-3-5-15(13)17/h3-9,11,21H,10H2,1-2H3,(H,19,22). The predicted molar refractivity (Wildman–Crippen MR) is 88.1 cm³/mol. The number of carbonyl (C=O) groups excluding carboxylic acids is 1. The van der Waals surface area contributed by atoms with E-state index in [4.69, 9.17) is 0 Å². The number of phenols is 1. The normalized spacial score (nSPS) is 10.8. The molecule has 0 saturated carbocycles. The lowest BCUT2D eigenvalue weighted by Gasteiger charge is -2.08. The Balaban J connectivity index is 1.81. The van der Waals surface area contributed by atoms with Gasteiger partial charge in [-0.1, -0.05) is 18.2 Å². The monoisotopic (exact) mass is 294 g/mol. The van der Waals surface area contributed by atoms with Crippen molar-refractivity contribution in [3.05, 3.63) is 59.8 Å². The van der Waals surface area contributed by atoms with Crippen LogP contribution in [0, 0.1) is 6.92 Å². The van der Waals surface area contributed by atoms with E-state index in [-0.39, 0.29) is 11.7 Å². The van der Waals surface area contributed by atoms with E-state index in [9.17, 15) is 9.90 Å². The Morgan fingerprint density at radius 1 is 1.23 bits per heavy atom. The minimum atomic E-state index is -0.0647. The van der Waals surface area contributed by atoms with E-state index < -0.39 is 0 Å². The van der Waals surface area contributed by atoms with Gasteiger partial charge in [0.05, 0.1) is 6.42 Å². The number of aromatic nitrogens is 1. The zero-order valence-electron chi connectivity index (χ0n) is 12.6. The molecule has 4 nitrogen and oxygen atoms in total. The average molecular weight is 294 g/mol. The topological polar surface area (TPSA) is 54.3 Å². The molecule has 1 amide bonds. The number of aryl methyl sites for hydroxylation is 2. The molecule has 0 aliphatic heterocycles. The summed E-state index contributed by atoms with van der Waals surface area (Å²) in [6.45, 7) is 1.85. The fourth-order valence-electron chi connectivity index (χ4n) is 2.72. The van der Waals surface area contributed by atoms with E-state index >= 15 is 0 Å². The third-order valence-corrected chi connectivity index (χ3v) is 3.81. The second kappa shape index (κ2) is 5.56. The molecule has 0 bridgehead atoms. The number of anilines is 1. The molecule has 3 aromatic rings. The number of benzene rings is 2. The van der Waals surface area contributed by atoms with Crippen molar-refractivity contribution in [3.63, 3.8) is 0 Å². The maximum Gasteiger partial charge on any atom is 0.228 e. The highest BCUT2D eigenvalue weighted by atomic mass is 16.3. The second-order valence-electron chi connectivity index (χ2n) is 5.51. The van der Waals surface area contributed by atoms with Crippen molar-refractivity contribution in [2.75, 3.05) is 5.32 Å². The molecule has 2 N–H and O–H groups in total. The summed E-state index contributed by atoms with van der Waals surface area (Å²) in [6.07, 6.45) is 2.32. The first-order chi connectivity index (χ1) is 10.5. The molecule has 0 atom stereocenters. The lowest BCUT2D eigenvalue weighted by Crippen LogP contribution is -2.14. The summed E-state index contributed by atoms with van der Waals surface area (Å²) in [6, 6.07) is 13.0. The lowest BCUT2D eigenvalue weighted by molar-refractivity contribution is -0.115. The lowest BCUT2D eigenvalue weighted by atomic mass is 10.1. The number of nitrogens with zero attached hydrogens (tertiary/aromatic N) is 1. The molecule has 112 valence electrons. The van der Waals surface area contributed by atoms with E-state index in [1.54, 1.807) is 18.2 Å². The first-order valence-electron chi connectivity index (χ1n) is 7.17. The molecule has 2 aromatic carbocycles. The molecule has 4 heteroatoms. The number of aromatic hydroxyl groups is 1. The molecule has 0 aliphatic rings. The van der Waals surface area contributed by atoms with Crippen LogP contribution in [0.25, 0.3) is 10.9 Å². The van der Waals surface area contributed by atoms with Crippen LogP contribution in [0.5, 0.6) is 5.75 Å². The zero-order valence-corrected chi connectivity index (χ0v) is 12.6. The van der Waals surface area contributed by atoms with Crippen LogP contribution in [0.2, 0.25) is 0 Å². The summed E-state index contributed by atoms with van der Waals surface area (Å²) >= 11 is 0. The van der Waals surface area contributed by atoms with Gasteiger partial charge in [0.15, 0.2) is 0 Å². The van der Waals surface area contributed by atoms with E-state index in [0.29, 0.717) is 6.42 Å². The summed E-state index contributed by atoms with van der Waals surface area (Å²) < 4.78 is 2.03. The predicted octanol–water partition coefficient (Wildman–Crippen LogP) is 3.37. The van der Waals surface area contributed by atoms with Crippen LogP contribution >= 0.6 is 0 Å².